The zero-order valence-corrected chi connectivity index (χ0v) is 15.2. The summed E-state index contributed by atoms with van der Waals surface area (Å²) in [5.41, 5.74) is 4.02. The highest BCUT2D eigenvalue weighted by Gasteiger charge is 2.03. The Hall–Kier alpha value is -1.82. The highest BCUT2D eigenvalue weighted by molar-refractivity contribution is 5.79. The second kappa shape index (κ2) is 11.7. The van der Waals surface area contributed by atoms with Gasteiger partial charge in [0.2, 0.25) is 0 Å². The zero-order valence-electron chi connectivity index (χ0n) is 15.2. The molecular weight excluding hydrogens is 288 g/mol. The third kappa shape index (κ3) is 6.74. The van der Waals surface area contributed by atoms with Crippen LogP contribution in [-0.2, 0) is 0 Å². The van der Waals surface area contributed by atoms with Crippen LogP contribution in [0.3, 0.4) is 0 Å². The molecule has 0 heterocycles. The lowest BCUT2D eigenvalue weighted by Gasteiger charge is -2.09. The Morgan fingerprint density at radius 1 is 0.625 bits per heavy atom. The van der Waals surface area contributed by atoms with Crippen molar-refractivity contribution in [1.82, 2.24) is 0 Å². The van der Waals surface area contributed by atoms with Crippen LogP contribution in [0.15, 0.2) is 66.7 Å². The summed E-state index contributed by atoms with van der Waals surface area (Å²) in [5, 5.41) is 0. The Morgan fingerprint density at radius 3 is 1.58 bits per heavy atom. The van der Waals surface area contributed by atoms with Gasteiger partial charge in [0, 0.05) is 0 Å². The molecule has 0 atom stereocenters. The summed E-state index contributed by atoms with van der Waals surface area (Å²) in [4.78, 5) is 0. The highest BCUT2D eigenvalue weighted by Crippen LogP contribution is 2.24. The number of unbranched alkanes of at least 4 members (excludes halogenated alkanes) is 8. The van der Waals surface area contributed by atoms with Gasteiger partial charge in [-0.25, -0.2) is 0 Å². The van der Waals surface area contributed by atoms with Crippen LogP contribution in [0.2, 0.25) is 0 Å². The van der Waals surface area contributed by atoms with Gasteiger partial charge in [-0.3, -0.25) is 0 Å². The summed E-state index contributed by atoms with van der Waals surface area (Å²) < 4.78 is 0. The molecule has 2 aromatic carbocycles. The Balaban J connectivity index is 1.84. The van der Waals surface area contributed by atoms with Crippen LogP contribution in [0.4, 0.5) is 0 Å². The molecule has 0 spiro atoms. The summed E-state index contributed by atoms with van der Waals surface area (Å²) in [7, 11) is 0. The fourth-order valence-corrected chi connectivity index (χ4v) is 3.16. The molecule has 0 radical (unpaired) electrons. The van der Waals surface area contributed by atoms with E-state index in [0.29, 0.717) is 0 Å². The molecule has 0 aliphatic carbocycles. The molecule has 2 rings (SSSR count). The Bertz CT molecular complexity index is 524. The Morgan fingerprint density at radius 2 is 1.08 bits per heavy atom. The largest absolute Gasteiger partial charge is 0.0761 e. The molecule has 0 heteroatoms. The van der Waals surface area contributed by atoms with Crippen molar-refractivity contribution in [2.45, 2.75) is 64.7 Å². The molecule has 0 saturated carbocycles. The minimum Gasteiger partial charge on any atom is -0.0761 e. The van der Waals surface area contributed by atoms with Crippen molar-refractivity contribution in [3.8, 4) is 0 Å². The molecule has 0 amide bonds. The van der Waals surface area contributed by atoms with Gasteiger partial charge < -0.3 is 0 Å². The maximum Gasteiger partial charge on any atom is -0.0151 e. The first-order valence-corrected chi connectivity index (χ1v) is 9.73. The van der Waals surface area contributed by atoms with Crippen molar-refractivity contribution in [3.63, 3.8) is 0 Å². The van der Waals surface area contributed by atoms with Gasteiger partial charge >= 0.3 is 0 Å². The van der Waals surface area contributed by atoms with E-state index >= 15 is 0 Å². The van der Waals surface area contributed by atoms with Gasteiger partial charge in [0.25, 0.3) is 0 Å². The first-order valence-electron chi connectivity index (χ1n) is 9.73. The predicted molar refractivity (Wildman–Crippen MR) is 107 cm³/mol. The smallest absolute Gasteiger partial charge is 0.0151 e. The summed E-state index contributed by atoms with van der Waals surface area (Å²) in [5.74, 6) is 0. The van der Waals surface area contributed by atoms with Crippen LogP contribution in [0.25, 0.3) is 5.57 Å². The van der Waals surface area contributed by atoms with E-state index in [1.165, 1.54) is 74.5 Å². The molecule has 128 valence electrons. The molecule has 24 heavy (non-hydrogen) atoms. The summed E-state index contributed by atoms with van der Waals surface area (Å²) in [6.07, 6.45) is 14.7. The van der Waals surface area contributed by atoms with Gasteiger partial charge in [-0.2, -0.15) is 0 Å². The van der Waals surface area contributed by atoms with Gasteiger partial charge in [-0.1, -0.05) is 119 Å². The lowest BCUT2D eigenvalue weighted by atomic mass is 9.96. The van der Waals surface area contributed by atoms with Crippen LogP contribution in [-0.4, -0.2) is 0 Å². The van der Waals surface area contributed by atoms with Gasteiger partial charge in [0.05, 0.1) is 0 Å². The molecule has 0 saturated heterocycles. The van der Waals surface area contributed by atoms with Crippen LogP contribution in [0, 0.1) is 0 Å². The summed E-state index contributed by atoms with van der Waals surface area (Å²) >= 11 is 0. The lowest BCUT2D eigenvalue weighted by molar-refractivity contribution is 0.578. The molecule has 0 aromatic heterocycles. The van der Waals surface area contributed by atoms with Crippen LogP contribution < -0.4 is 0 Å². The van der Waals surface area contributed by atoms with E-state index in [2.05, 4.69) is 73.7 Å². The molecule has 0 aliphatic rings. The van der Waals surface area contributed by atoms with Crippen molar-refractivity contribution in [1.29, 1.82) is 0 Å². The average molecular weight is 321 g/mol. The summed E-state index contributed by atoms with van der Waals surface area (Å²) in [6.45, 7) is 2.28. The van der Waals surface area contributed by atoms with E-state index in [4.69, 9.17) is 0 Å². The van der Waals surface area contributed by atoms with Gasteiger partial charge in [-0.05, 0) is 29.5 Å². The predicted octanol–water partition coefficient (Wildman–Crippen LogP) is 7.65. The van der Waals surface area contributed by atoms with Crippen molar-refractivity contribution >= 4 is 5.57 Å². The second-order valence-corrected chi connectivity index (χ2v) is 6.61. The first-order chi connectivity index (χ1) is 11.9. The molecule has 0 bridgehead atoms. The fraction of sp³-hybridized carbons (Fsp3) is 0.417. The van der Waals surface area contributed by atoms with Crippen molar-refractivity contribution in [2.75, 3.05) is 0 Å². The second-order valence-electron chi connectivity index (χ2n) is 6.61. The number of rotatable bonds is 11. The molecule has 0 N–H and O–H groups in total. The quantitative estimate of drug-likeness (QED) is 0.373. The van der Waals surface area contributed by atoms with Gasteiger partial charge in [-0.15, -0.1) is 0 Å². The van der Waals surface area contributed by atoms with E-state index in [9.17, 15) is 0 Å². The zero-order chi connectivity index (χ0) is 16.9. The van der Waals surface area contributed by atoms with Crippen LogP contribution in [0.5, 0.6) is 0 Å². The van der Waals surface area contributed by atoms with Gasteiger partial charge in [0.1, 0.15) is 0 Å². The molecule has 0 unspecified atom stereocenters. The molecule has 0 aliphatic heterocycles. The van der Waals surface area contributed by atoms with Crippen molar-refractivity contribution in [3.05, 3.63) is 77.9 Å². The number of benzene rings is 2. The lowest BCUT2D eigenvalue weighted by Crippen LogP contribution is -1.88. The fourth-order valence-electron chi connectivity index (χ4n) is 3.16. The number of hydrogen-bond acceptors (Lipinski definition) is 0. The van der Waals surface area contributed by atoms with E-state index in [-0.39, 0.29) is 0 Å². The highest BCUT2D eigenvalue weighted by atomic mass is 14.1. The molecule has 0 fully saturated rings. The minimum atomic E-state index is 1.17. The van der Waals surface area contributed by atoms with E-state index in [0.717, 1.165) is 0 Å². The maximum atomic E-state index is 2.43. The van der Waals surface area contributed by atoms with Crippen molar-refractivity contribution in [2.24, 2.45) is 0 Å². The van der Waals surface area contributed by atoms with E-state index in [1.54, 1.807) is 0 Å². The molecule has 2 aromatic rings. The Labute approximate surface area is 148 Å². The maximum absolute atomic E-state index is 2.43. The Kier molecular flexibility index (Phi) is 9.01. The minimum absolute atomic E-state index is 1.17. The monoisotopic (exact) mass is 320 g/mol. The summed E-state index contributed by atoms with van der Waals surface area (Å²) in [6, 6.07) is 21.5. The molecular formula is C24H32. The first kappa shape index (κ1) is 18.5. The van der Waals surface area contributed by atoms with Crippen molar-refractivity contribution < 1.29 is 0 Å². The molecule has 0 nitrogen and oxygen atoms in total. The third-order valence-corrected chi connectivity index (χ3v) is 4.58. The van der Waals surface area contributed by atoms with Crippen LogP contribution >= 0.6 is 0 Å². The SMILES string of the molecule is CCCCCCCCCCC=C(c1ccccc1)c1ccccc1. The number of allylic oxidation sites excluding steroid dienone is 1. The van der Waals surface area contributed by atoms with Gasteiger partial charge in [0.15, 0.2) is 0 Å². The van der Waals surface area contributed by atoms with Crippen LogP contribution in [0.1, 0.15) is 75.8 Å². The standard InChI is InChI=1S/C24H32/c1-2-3-4-5-6-7-8-9-16-21-24(22-17-12-10-13-18-22)23-19-14-11-15-20-23/h10-15,17-21H,2-9,16H2,1H3. The van der Waals surface area contributed by atoms with E-state index < -0.39 is 0 Å². The topological polar surface area (TPSA) is 0 Å². The van der Waals surface area contributed by atoms with E-state index in [1.807, 2.05) is 0 Å². The normalized spacial score (nSPS) is 10.5. The third-order valence-electron chi connectivity index (χ3n) is 4.58. The average Bonchev–Trinajstić information content (AvgIpc) is 2.65. The number of hydrogen-bond donors (Lipinski definition) is 0.